The average Bonchev–Trinajstić information content (AvgIpc) is 3.09. The van der Waals surface area contributed by atoms with Gasteiger partial charge in [-0.1, -0.05) is 13.0 Å². The fourth-order valence-corrected chi connectivity index (χ4v) is 7.05. The van der Waals surface area contributed by atoms with Crippen molar-refractivity contribution in [3.05, 3.63) is 29.8 Å². The van der Waals surface area contributed by atoms with Crippen LogP contribution in [0, 0.1) is 22.7 Å². The lowest BCUT2D eigenvalue weighted by Gasteiger charge is -2.57. The molecular formula is C24H27NO8. The number of anilines is 1. The Hall–Kier alpha value is -2.91. The number of nitrogens with one attached hydrogen (secondary N) is 1. The first-order valence-corrected chi connectivity index (χ1v) is 11.1. The maximum atomic E-state index is 13.1. The van der Waals surface area contributed by atoms with E-state index in [2.05, 4.69) is 5.32 Å². The second-order valence-corrected chi connectivity index (χ2v) is 10.3. The third kappa shape index (κ3) is 2.75. The number of carboxylic acids is 1. The maximum absolute atomic E-state index is 13.1. The molecule has 2 saturated heterocycles. The monoisotopic (exact) mass is 457 g/mol. The number of phenols is 2. The molecule has 4 bridgehead atoms. The van der Waals surface area contributed by atoms with Crippen LogP contribution in [0.25, 0.3) is 0 Å². The summed E-state index contributed by atoms with van der Waals surface area (Å²) in [5.74, 6) is -3.37. The fraction of sp³-hybridized carbons (Fsp3) is 0.542. The number of allylic oxidation sites excluding steroid dienone is 1. The number of rotatable bonds is 5. The minimum Gasteiger partial charge on any atom is -0.506 e. The molecule has 0 radical (unpaired) electrons. The number of ether oxygens (including phenoxy) is 1. The number of phenolic OH excluding ortho intramolecular Hbond substituents is 1. The lowest BCUT2D eigenvalue weighted by molar-refractivity contribution is -0.219. The van der Waals surface area contributed by atoms with Gasteiger partial charge >= 0.3 is 5.97 Å². The Morgan fingerprint density at radius 3 is 2.64 bits per heavy atom. The number of amides is 1. The van der Waals surface area contributed by atoms with Crippen molar-refractivity contribution in [2.75, 3.05) is 5.32 Å². The van der Waals surface area contributed by atoms with Crippen LogP contribution in [0.1, 0.15) is 49.9 Å². The van der Waals surface area contributed by atoms with Gasteiger partial charge in [0.15, 0.2) is 11.5 Å². The first-order valence-electron chi connectivity index (χ1n) is 11.1. The first-order chi connectivity index (χ1) is 15.4. The molecule has 2 aliphatic heterocycles. The van der Waals surface area contributed by atoms with E-state index in [4.69, 9.17) is 9.84 Å². The lowest BCUT2D eigenvalue weighted by atomic mass is 9.50. The van der Waals surface area contributed by atoms with Crippen molar-refractivity contribution in [2.24, 2.45) is 22.7 Å². The second-order valence-electron chi connectivity index (χ2n) is 10.3. The van der Waals surface area contributed by atoms with Gasteiger partial charge in [0.25, 0.3) is 0 Å². The van der Waals surface area contributed by atoms with E-state index in [1.165, 1.54) is 6.08 Å². The highest BCUT2D eigenvalue weighted by molar-refractivity contribution is 6.00. The number of ketones is 1. The van der Waals surface area contributed by atoms with E-state index < -0.39 is 51.5 Å². The number of hydrogen-bond acceptors (Lipinski definition) is 7. The molecule has 0 aromatic heterocycles. The van der Waals surface area contributed by atoms with Gasteiger partial charge in [0.2, 0.25) is 5.91 Å². The van der Waals surface area contributed by atoms with Crippen LogP contribution in [0.3, 0.4) is 0 Å². The number of carbonyl (C=O) groups is 3. The Morgan fingerprint density at radius 1 is 1.24 bits per heavy atom. The van der Waals surface area contributed by atoms with Crippen molar-refractivity contribution < 1.29 is 39.5 Å². The van der Waals surface area contributed by atoms with Gasteiger partial charge in [-0.3, -0.25) is 9.59 Å². The van der Waals surface area contributed by atoms with Gasteiger partial charge in [-0.15, -0.1) is 0 Å². The summed E-state index contributed by atoms with van der Waals surface area (Å²) >= 11 is 0. The zero-order chi connectivity index (χ0) is 23.9. The smallest absolute Gasteiger partial charge is 0.339 e. The summed E-state index contributed by atoms with van der Waals surface area (Å²) in [6.45, 7) is 3.75. The van der Waals surface area contributed by atoms with E-state index in [-0.39, 0.29) is 42.3 Å². The van der Waals surface area contributed by atoms with Gasteiger partial charge in [0.1, 0.15) is 17.0 Å². The van der Waals surface area contributed by atoms with Gasteiger partial charge in [-0.05, 0) is 50.3 Å². The van der Waals surface area contributed by atoms with Gasteiger partial charge < -0.3 is 30.5 Å². The van der Waals surface area contributed by atoms with Crippen LogP contribution in [-0.2, 0) is 14.3 Å². The van der Waals surface area contributed by atoms with E-state index in [1.54, 1.807) is 0 Å². The van der Waals surface area contributed by atoms with Crippen molar-refractivity contribution in [1.29, 1.82) is 0 Å². The summed E-state index contributed by atoms with van der Waals surface area (Å²) in [5, 5.41) is 42.9. The zero-order valence-electron chi connectivity index (χ0n) is 18.4. The molecule has 4 fully saturated rings. The predicted molar refractivity (Wildman–Crippen MR) is 115 cm³/mol. The Labute approximate surface area is 190 Å². The number of aromatic carboxylic acids is 1. The summed E-state index contributed by atoms with van der Waals surface area (Å²) in [7, 11) is 0. The quantitative estimate of drug-likeness (QED) is 0.422. The van der Waals surface area contributed by atoms with Crippen LogP contribution >= 0.6 is 0 Å². The summed E-state index contributed by atoms with van der Waals surface area (Å²) in [5.41, 5.74) is -2.97. The maximum Gasteiger partial charge on any atom is 0.339 e. The molecule has 2 heterocycles. The Balaban J connectivity index is 1.38. The fourth-order valence-electron chi connectivity index (χ4n) is 7.05. The van der Waals surface area contributed by atoms with Crippen LogP contribution in [0.15, 0.2) is 24.3 Å². The van der Waals surface area contributed by atoms with Gasteiger partial charge in [0, 0.05) is 23.2 Å². The van der Waals surface area contributed by atoms with Gasteiger partial charge in [0.05, 0.1) is 17.8 Å². The van der Waals surface area contributed by atoms with E-state index in [0.717, 1.165) is 25.0 Å². The van der Waals surface area contributed by atoms with Crippen LogP contribution < -0.4 is 5.32 Å². The number of carbonyl (C=O) groups excluding carboxylic acids is 2. The number of aliphatic hydroxyl groups excluding tert-OH is 1. The molecule has 1 unspecified atom stereocenters. The first kappa shape index (κ1) is 21.9. The van der Waals surface area contributed by atoms with Gasteiger partial charge in [-0.25, -0.2) is 4.79 Å². The molecular weight excluding hydrogens is 430 g/mol. The summed E-state index contributed by atoms with van der Waals surface area (Å²) < 4.78 is 6.27. The van der Waals surface area contributed by atoms with Gasteiger partial charge in [-0.2, -0.15) is 0 Å². The molecule has 1 spiro atoms. The van der Waals surface area contributed by atoms with E-state index in [0.29, 0.717) is 0 Å². The highest BCUT2D eigenvalue weighted by atomic mass is 16.5. The molecule has 6 rings (SSSR count). The van der Waals surface area contributed by atoms with Crippen molar-refractivity contribution in [1.82, 2.24) is 0 Å². The molecule has 2 saturated carbocycles. The molecule has 1 aromatic rings. The third-order valence-electron chi connectivity index (χ3n) is 8.65. The minimum atomic E-state index is -1.40. The molecule has 3 aliphatic carbocycles. The molecule has 9 nitrogen and oxygen atoms in total. The van der Waals surface area contributed by atoms with Crippen molar-refractivity contribution in [2.45, 2.75) is 57.3 Å². The van der Waals surface area contributed by atoms with Crippen LogP contribution in [0.2, 0.25) is 0 Å². The van der Waals surface area contributed by atoms with E-state index in [1.807, 2.05) is 19.9 Å². The number of benzene rings is 1. The standard InChI is InChI=1S/C24H27NO8/c1-22(7-6-16(28)25-17-13(26)4-3-12(18(17)29)20(30)31)15(27)5-8-24-10-11-9-14(19(22)24)33-23(11,2)21(24)32/h3-5,8,11,14,19,21,26,29,32H,6-7,9-10H2,1-2H3,(H,25,28)(H,30,31)/t11?,14-,19-,21-,22+,23+,24+/m0/s1. The summed E-state index contributed by atoms with van der Waals surface area (Å²) in [6, 6.07) is 2.11. The Morgan fingerprint density at radius 2 is 1.97 bits per heavy atom. The Kier molecular flexibility index (Phi) is 4.52. The SMILES string of the molecule is C[C@@]1(CCC(=O)Nc2c(O)ccc(C(=O)O)c2O)C(=O)C=C[C@]23CC4C[C@H](O[C@@]4(C)[C@@H]2O)[C@H]31. The molecule has 1 aromatic carbocycles. The predicted octanol–water partition coefficient (Wildman–Crippen LogP) is 2.20. The zero-order valence-corrected chi connectivity index (χ0v) is 18.4. The molecule has 1 amide bonds. The number of aromatic hydroxyl groups is 2. The molecule has 5 aliphatic rings. The lowest BCUT2D eigenvalue weighted by Crippen LogP contribution is -2.62. The van der Waals surface area contributed by atoms with Crippen LogP contribution in [0.5, 0.6) is 11.5 Å². The largest absolute Gasteiger partial charge is 0.506 e. The van der Waals surface area contributed by atoms with E-state index >= 15 is 0 Å². The van der Waals surface area contributed by atoms with Crippen LogP contribution in [-0.4, -0.2) is 55.9 Å². The number of carboxylic acid groups (broad SMARTS) is 1. The number of hydrogen-bond donors (Lipinski definition) is 5. The second kappa shape index (κ2) is 6.80. The minimum absolute atomic E-state index is 0.109. The highest BCUT2D eigenvalue weighted by Crippen LogP contribution is 2.71. The average molecular weight is 457 g/mol. The van der Waals surface area contributed by atoms with E-state index in [9.17, 15) is 29.7 Å². The van der Waals surface area contributed by atoms with Crippen molar-refractivity contribution in [3.63, 3.8) is 0 Å². The molecule has 5 N–H and O–H groups in total. The number of aliphatic hydroxyl groups is 1. The highest BCUT2D eigenvalue weighted by Gasteiger charge is 2.76. The normalized spacial score (nSPS) is 40.2. The molecule has 33 heavy (non-hydrogen) atoms. The third-order valence-corrected chi connectivity index (χ3v) is 8.65. The van der Waals surface area contributed by atoms with Crippen molar-refractivity contribution in [3.8, 4) is 11.5 Å². The van der Waals surface area contributed by atoms with Crippen LogP contribution in [0.4, 0.5) is 5.69 Å². The van der Waals surface area contributed by atoms with Crippen molar-refractivity contribution >= 4 is 23.3 Å². The molecule has 176 valence electrons. The topological polar surface area (TPSA) is 153 Å². The molecule has 9 heteroatoms. The Bertz CT molecular complexity index is 1110. The summed E-state index contributed by atoms with van der Waals surface area (Å²) in [4.78, 5) is 37.0. The molecule has 7 atom stereocenters. The summed E-state index contributed by atoms with van der Waals surface area (Å²) in [6.07, 6.45) is 4.04.